The molecule has 1 aliphatic rings. The lowest BCUT2D eigenvalue weighted by Gasteiger charge is -2.30. The summed E-state index contributed by atoms with van der Waals surface area (Å²) in [6.07, 6.45) is 1.37. The largest absolute Gasteiger partial charge is 0.324 e. The van der Waals surface area contributed by atoms with Crippen molar-refractivity contribution in [2.45, 2.75) is 31.6 Å². The van der Waals surface area contributed by atoms with Crippen molar-refractivity contribution in [2.24, 2.45) is 0 Å². The van der Waals surface area contributed by atoms with Gasteiger partial charge < -0.3 is 5.32 Å². The monoisotopic (exact) mass is 455 g/mol. The molecule has 3 rings (SSSR count). The van der Waals surface area contributed by atoms with Gasteiger partial charge in [-0.15, -0.1) is 0 Å². The molecule has 0 saturated carbocycles. The molecule has 0 radical (unpaired) electrons. The lowest BCUT2D eigenvalue weighted by atomic mass is 10.0. The van der Waals surface area contributed by atoms with E-state index in [4.69, 9.17) is 0 Å². The van der Waals surface area contributed by atoms with Gasteiger partial charge in [-0.3, -0.25) is 13.8 Å². The molecule has 1 aliphatic heterocycles. The molecule has 162 valence electrons. The van der Waals surface area contributed by atoms with E-state index in [1.54, 1.807) is 19.1 Å². The molecule has 0 saturated heterocycles. The first kappa shape index (κ1) is 22.0. The minimum Gasteiger partial charge on any atom is -0.324 e. The molecule has 2 aromatic carbocycles. The lowest BCUT2D eigenvalue weighted by Crippen LogP contribution is -2.36. The van der Waals surface area contributed by atoms with Crippen LogP contribution in [0.25, 0.3) is 0 Å². The van der Waals surface area contributed by atoms with Crippen molar-refractivity contribution in [1.29, 1.82) is 0 Å². The molecule has 0 spiro atoms. The highest BCUT2D eigenvalue weighted by molar-refractivity contribution is 7.93. The molecule has 2 N–H and O–H groups in total. The van der Waals surface area contributed by atoms with Gasteiger partial charge in [-0.25, -0.2) is 21.2 Å². The molecule has 0 fully saturated rings. The minimum atomic E-state index is -4.14. The number of carbonyl (C=O) groups is 1. The maximum Gasteiger partial charge on any atom is 0.261 e. The van der Waals surface area contributed by atoms with Crippen LogP contribution in [0.3, 0.4) is 0 Å². The third-order valence-electron chi connectivity index (χ3n) is 4.68. The van der Waals surface area contributed by atoms with E-state index in [1.807, 2.05) is 0 Å². The van der Waals surface area contributed by atoms with Gasteiger partial charge in [0.25, 0.3) is 10.0 Å². The zero-order valence-electron chi connectivity index (χ0n) is 16.5. The predicted octanol–water partition coefficient (Wildman–Crippen LogP) is 2.69. The normalized spacial score (nSPS) is 14.2. The van der Waals surface area contributed by atoms with Crippen LogP contribution in [0.2, 0.25) is 0 Å². The van der Waals surface area contributed by atoms with Crippen LogP contribution in [-0.2, 0) is 31.3 Å². The molecule has 30 heavy (non-hydrogen) atoms. The lowest BCUT2D eigenvalue weighted by molar-refractivity contribution is -0.114. The first-order valence-electron chi connectivity index (χ1n) is 9.27. The Balaban J connectivity index is 1.92. The Morgan fingerprint density at radius 2 is 1.87 bits per heavy atom. The van der Waals surface area contributed by atoms with E-state index in [0.29, 0.717) is 25.1 Å². The second-order valence-electron chi connectivity index (χ2n) is 6.85. The molecule has 8 nitrogen and oxygen atoms in total. The number of carbonyl (C=O) groups excluding carboxylic acids is 1. The smallest absolute Gasteiger partial charge is 0.261 e. The highest BCUT2D eigenvalue weighted by atomic mass is 32.2. The fraction of sp³-hybridized carbons (Fsp3) is 0.316. The first-order valence-corrected chi connectivity index (χ1v) is 12.4. The number of benzene rings is 2. The van der Waals surface area contributed by atoms with Crippen LogP contribution in [0.1, 0.15) is 25.8 Å². The Morgan fingerprint density at radius 1 is 1.13 bits per heavy atom. The number of fused-ring (bicyclic) bond motifs is 1. The summed E-state index contributed by atoms with van der Waals surface area (Å²) in [5.41, 5.74) is 1.29. The van der Waals surface area contributed by atoms with Crippen molar-refractivity contribution in [3.05, 3.63) is 47.8 Å². The van der Waals surface area contributed by atoms with Crippen LogP contribution < -0.4 is 14.3 Å². The van der Waals surface area contributed by atoms with Crippen molar-refractivity contribution >= 4 is 43.0 Å². The summed E-state index contributed by atoms with van der Waals surface area (Å²) in [5, 5.41) is 2.27. The fourth-order valence-corrected chi connectivity index (χ4v) is 5.47. The Hall–Kier alpha value is -2.66. The second-order valence-corrected chi connectivity index (χ2v) is 10.7. The molecular formula is C19H22FN3O5S2. The fourth-order valence-electron chi connectivity index (χ4n) is 3.22. The third kappa shape index (κ3) is 4.57. The van der Waals surface area contributed by atoms with Gasteiger partial charge in [-0.05, 0) is 55.7 Å². The maximum atomic E-state index is 14.1. The number of anilines is 3. The number of hydrogen-bond donors (Lipinski definition) is 2. The minimum absolute atomic E-state index is 0.0671. The Morgan fingerprint density at radius 3 is 2.50 bits per heavy atom. The van der Waals surface area contributed by atoms with Crippen LogP contribution in [-0.4, -0.2) is 35.0 Å². The summed E-state index contributed by atoms with van der Waals surface area (Å²) in [6, 6.07) is 7.84. The zero-order chi connectivity index (χ0) is 22.1. The maximum absolute atomic E-state index is 14.1. The summed E-state index contributed by atoms with van der Waals surface area (Å²) < 4.78 is 68.0. The number of nitrogens with zero attached hydrogens (tertiary/aromatic N) is 1. The van der Waals surface area contributed by atoms with E-state index in [-0.39, 0.29) is 22.0 Å². The molecule has 0 atom stereocenters. The predicted molar refractivity (Wildman–Crippen MR) is 113 cm³/mol. The van der Waals surface area contributed by atoms with E-state index in [2.05, 4.69) is 10.0 Å². The van der Waals surface area contributed by atoms with Crippen LogP contribution in [0.15, 0.2) is 41.3 Å². The summed E-state index contributed by atoms with van der Waals surface area (Å²) >= 11 is 0. The Kier molecular flexibility index (Phi) is 6.04. The standard InChI is InChI=1S/C19H22FN3O5S2/c1-3-29(25,26)23-10-4-5-14-6-7-15(11-19(14)23)22-30(27,28)16-8-9-18(17(20)12-16)21-13(2)24/h6-9,11-12,22H,3-5,10H2,1-2H3,(H,21,24). The number of nitrogens with one attached hydrogen (secondary N) is 2. The molecular weight excluding hydrogens is 433 g/mol. The summed E-state index contributed by atoms with van der Waals surface area (Å²) in [4.78, 5) is 10.7. The van der Waals surface area contributed by atoms with E-state index in [0.717, 1.165) is 17.7 Å². The van der Waals surface area contributed by atoms with Gasteiger partial charge in [0.2, 0.25) is 15.9 Å². The van der Waals surface area contributed by atoms with Gasteiger partial charge >= 0.3 is 0 Å². The number of halogens is 1. The van der Waals surface area contributed by atoms with E-state index in [1.165, 1.54) is 23.4 Å². The third-order valence-corrected chi connectivity index (χ3v) is 7.84. The molecule has 1 heterocycles. The van der Waals surface area contributed by atoms with Crippen molar-refractivity contribution in [3.8, 4) is 0 Å². The molecule has 0 bridgehead atoms. The van der Waals surface area contributed by atoms with Gasteiger partial charge in [-0.1, -0.05) is 6.07 Å². The van der Waals surface area contributed by atoms with Crippen molar-refractivity contribution in [2.75, 3.05) is 26.6 Å². The van der Waals surface area contributed by atoms with Crippen molar-refractivity contribution in [1.82, 2.24) is 0 Å². The first-order chi connectivity index (χ1) is 14.0. The summed E-state index contributed by atoms with van der Waals surface area (Å²) in [7, 11) is -7.63. The molecule has 0 aromatic heterocycles. The molecule has 0 aliphatic carbocycles. The van der Waals surface area contributed by atoms with Gasteiger partial charge in [0, 0.05) is 13.5 Å². The van der Waals surface area contributed by atoms with E-state index in [9.17, 15) is 26.0 Å². The van der Waals surface area contributed by atoms with E-state index < -0.39 is 31.8 Å². The van der Waals surface area contributed by atoms with E-state index >= 15 is 0 Å². The average molecular weight is 456 g/mol. The van der Waals surface area contributed by atoms with Crippen LogP contribution in [0.5, 0.6) is 0 Å². The number of hydrogen-bond acceptors (Lipinski definition) is 5. The Labute approximate surface area is 175 Å². The van der Waals surface area contributed by atoms with Crippen LogP contribution >= 0.6 is 0 Å². The summed E-state index contributed by atoms with van der Waals surface area (Å²) in [6.45, 7) is 3.09. The number of aryl methyl sites for hydroxylation is 1. The number of rotatable bonds is 6. The van der Waals surface area contributed by atoms with Gasteiger partial charge in [0.05, 0.1) is 27.7 Å². The van der Waals surface area contributed by atoms with Gasteiger partial charge in [0.15, 0.2) is 0 Å². The number of sulfonamides is 2. The van der Waals surface area contributed by atoms with Crippen LogP contribution in [0.4, 0.5) is 21.5 Å². The van der Waals surface area contributed by atoms with Crippen LogP contribution in [0, 0.1) is 5.82 Å². The van der Waals surface area contributed by atoms with Crippen molar-refractivity contribution < 1.29 is 26.0 Å². The Bertz CT molecular complexity index is 1200. The summed E-state index contributed by atoms with van der Waals surface area (Å²) in [5.74, 6) is -1.44. The highest BCUT2D eigenvalue weighted by Crippen LogP contribution is 2.33. The topological polar surface area (TPSA) is 113 Å². The van der Waals surface area contributed by atoms with Gasteiger partial charge in [-0.2, -0.15) is 0 Å². The van der Waals surface area contributed by atoms with Crippen molar-refractivity contribution in [3.63, 3.8) is 0 Å². The zero-order valence-corrected chi connectivity index (χ0v) is 18.1. The average Bonchev–Trinajstić information content (AvgIpc) is 2.68. The number of amides is 1. The SMILES string of the molecule is CCS(=O)(=O)N1CCCc2ccc(NS(=O)(=O)c3ccc(NC(C)=O)c(F)c3)cc21. The molecule has 11 heteroatoms. The second kappa shape index (κ2) is 8.23. The van der Waals surface area contributed by atoms with Gasteiger partial charge in [0.1, 0.15) is 5.82 Å². The molecule has 0 unspecified atom stereocenters. The highest BCUT2D eigenvalue weighted by Gasteiger charge is 2.27. The molecule has 1 amide bonds. The quantitative estimate of drug-likeness (QED) is 0.695. The molecule has 2 aromatic rings.